The summed E-state index contributed by atoms with van der Waals surface area (Å²) in [6, 6.07) is 8.97. The van der Waals surface area contributed by atoms with Gasteiger partial charge in [0.25, 0.3) is 0 Å². The van der Waals surface area contributed by atoms with Crippen LogP contribution in [0, 0.1) is 0 Å². The van der Waals surface area contributed by atoms with E-state index in [9.17, 15) is 4.79 Å². The lowest BCUT2D eigenvalue weighted by Gasteiger charge is -2.05. The number of hydrogen-bond acceptors (Lipinski definition) is 4. The molecule has 2 aromatic heterocycles. The summed E-state index contributed by atoms with van der Waals surface area (Å²) in [4.78, 5) is 16.3. The minimum Gasteiger partial charge on any atom is -0.392 e. The topological polar surface area (TPSA) is 80.0 Å². The number of aromatic nitrogens is 3. The Balaban J connectivity index is 1.76. The molecule has 0 saturated carbocycles. The number of aliphatic hydroxyl groups excluding tert-OH is 1. The number of aliphatic hydroxyl groups is 1. The highest BCUT2D eigenvalue weighted by Crippen LogP contribution is 2.23. The van der Waals surface area contributed by atoms with E-state index in [1.165, 1.54) is 6.08 Å². The van der Waals surface area contributed by atoms with Crippen LogP contribution in [0.15, 0.2) is 61.2 Å². The Morgan fingerprint density at radius 1 is 1.32 bits per heavy atom. The van der Waals surface area contributed by atoms with Gasteiger partial charge in [0.15, 0.2) is 0 Å². The first-order chi connectivity index (χ1) is 12.2. The summed E-state index contributed by atoms with van der Waals surface area (Å²) in [7, 11) is 1.86. The molecule has 0 bridgehead atoms. The summed E-state index contributed by atoms with van der Waals surface area (Å²) in [5.41, 5.74) is 4.12. The van der Waals surface area contributed by atoms with E-state index in [0.717, 1.165) is 22.3 Å². The summed E-state index contributed by atoms with van der Waals surface area (Å²) in [5.74, 6) is -0.254. The second-order valence-electron chi connectivity index (χ2n) is 5.55. The van der Waals surface area contributed by atoms with Crippen molar-refractivity contribution in [2.75, 3.05) is 5.32 Å². The lowest BCUT2D eigenvalue weighted by Crippen LogP contribution is -2.08. The Labute approximate surface area is 145 Å². The van der Waals surface area contributed by atoms with E-state index >= 15 is 0 Å². The number of hydrogen-bond donors (Lipinski definition) is 2. The molecule has 0 aliphatic heterocycles. The van der Waals surface area contributed by atoms with E-state index in [2.05, 4.69) is 15.4 Å². The normalized spacial score (nSPS) is 11.0. The molecule has 0 unspecified atom stereocenters. The van der Waals surface area contributed by atoms with Gasteiger partial charge in [0.1, 0.15) is 0 Å². The third kappa shape index (κ3) is 4.19. The van der Waals surface area contributed by atoms with Crippen LogP contribution in [0.25, 0.3) is 17.2 Å². The molecule has 0 atom stereocenters. The molecule has 6 heteroatoms. The fourth-order valence-corrected chi connectivity index (χ4v) is 2.46. The molecule has 25 heavy (non-hydrogen) atoms. The maximum atomic E-state index is 12.1. The van der Waals surface area contributed by atoms with E-state index in [0.29, 0.717) is 5.69 Å². The Bertz CT molecular complexity index is 915. The van der Waals surface area contributed by atoms with Crippen molar-refractivity contribution in [3.63, 3.8) is 0 Å². The van der Waals surface area contributed by atoms with Crippen molar-refractivity contribution >= 4 is 17.7 Å². The monoisotopic (exact) mass is 334 g/mol. The van der Waals surface area contributed by atoms with Gasteiger partial charge in [0.05, 0.1) is 12.8 Å². The highest BCUT2D eigenvalue weighted by Gasteiger charge is 2.06. The van der Waals surface area contributed by atoms with Gasteiger partial charge >= 0.3 is 0 Å². The van der Waals surface area contributed by atoms with Crippen molar-refractivity contribution in [1.29, 1.82) is 0 Å². The standard InChI is InChI=1S/C19H18N4O2/c1-23-12-16(11-21-23)18-7-8-20-10-15(18)5-6-19(25)22-17-4-2-3-14(9-17)13-24/h2-12,24H,13H2,1H3,(H,22,25)/b6-5+. The quantitative estimate of drug-likeness (QED) is 0.703. The maximum absolute atomic E-state index is 12.1. The van der Waals surface area contributed by atoms with Gasteiger partial charge in [-0.05, 0) is 35.4 Å². The van der Waals surface area contributed by atoms with E-state index in [1.807, 2.05) is 19.3 Å². The van der Waals surface area contributed by atoms with Gasteiger partial charge in [-0.25, -0.2) is 0 Å². The van der Waals surface area contributed by atoms with Gasteiger partial charge in [0, 0.05) is 48.5 Å². The van der Waals surface area contributed by atoms with E-state index in [-0.39, 0.29) is 12.5 Å². The molecule has 3 rings (SSSR count). The van der Waals surface area contributed by atoms with Crippen LogP contribution in [0.4, 0.5) is 5.69 Å². The van der Waals surface area contributed by atoms with E-state index < -0.39 is 0 Å². The SMILES string of the molecule is Cn1cc(-c2ccncc2/C=C/C(=O)Nc2cccc(CO)c2)cn1. The van der Waals surface area contributed by atoms with E-state index in [1.54, 1.807) is 53.6 Å². The van der Waals surface area contributed by atoms with Gasteiger partial charge in [0.2, 0.25) is 5.91 Å². The molecule has 2 heterocycles. The number of anilines is 1. The molecule has 0 aliphatic carbocycles. The number of pyridine rings is 1. The minimum atomic E-state index is -0.254. The molecule has 0 spiro atoms. The molecule has 2 N–H and O–H groups in total. The zero-order chi connectivity index (χ0) is 17.6. The number of nitrogens with one attached hydrogen (secondary N) is 1. The molecule has 6 nitrogen and oxygen atoms in total. The molecule has 1 amide bonds. The van der Waals surface area contributed by atoms with Crippen LogP contribution >= 0.6 is 0 Å². The lowest BCUT2D eigenvalue weighted by molar-refractivity contribution is -0.111. The van der Waals surface area contributed by atoms with Crippen molar-refractivity contribution in [2.24, 2.45) is 7.05 Å². The van der Waals surface area contributed by atoms with Gasteiger partial charge in [-0.15, -0.1) is 0 Å². The van der Waals surface area contributed by atoms with Gasteiger partial charge in [-0.1, -0.05) is 12.1 Å². The molecular weight excluding hydrogens is 316 g/mol. The number of benzene rings is 1. The lowest BCUT2D eigenvalue weighted by atomic mass is 10.0. The predicted molar refractivity (Wildman–Crippen MR) is 96.5 cm³/mol. The second-order valence-corrected chi connectivity index (χ2v) is 5.55. The van der Waals surface area contributed by atoms with Crippen LogP contribution in [-0.4, -0.2) is 25.8 Å². The van der Waals surface area contributed by atoms with Crippen LogP contribution in [0.1, 0.15) is 11.1 Å². The Kier molecular flexibility index (Phi) is 5.01. The number of aryl methyl sites for hydroxylation is 1. The first-order valence-corrected chi connectivity index (χ1v) is 7.77. The van der Waals surface area contributed by atoms with Crippen LogP contribution in [0.2, 0.25) is 0 Å². The second kappa shape index (κ2) is 7.55. The van der Waals surface area contributed by atoms with Crippen molar-refractivity contribution in [3.05, 3.63) is 72.3 Å². The first-order valence-electron chi connectivity index (χ1n) is 7.77. The van der Waals surface area contributed by atoms with Crippen molar-refractivity contribution < 1.29 is 9.90 Å². The van der Waals surface area contributed by atoms with Gasteiger partial charge in [-0.3, -0.25) is 14.5 Å². The van der Waals surface area contributed by atoms with Crippen LogP contribution in [-0.2, 0) is 18.4 Å². The summed E-state index contributed by atoms with van der Waals surface area (Å²) in [6.07, 6.45) is 10.3. The average Bonchev–Trinajstić information content (AvgIpc) is 3.06. The number of rotatable bonds is 5. The smallest absolute Gasteiger partial charge is 0.248 e. The Hall–Kier alpha value is -3.25. The number of carbonyl (C=O) groups excluding carboxylic acids is 1. The average molecular weight is 334 g/mol. The molecule has 0 aliphatic rings. The van der Waals surface area contributed by atoms with Crippen molar-refractivity contribution in [2.45, 2.75) is 6.61 Å². The van der Waals surface area contributed by atoms with Crippen molar-refractivity contribution in [3.8, 4) is 11.1 Å². The number of carbonyl (C=O) groups is 1. The van der Waals surface area contributed by atoms with E-state index in [4.69, 9.17) is 5.11 Å². The molecule has 3 aromatic rings. The molecule has 0 radical (unpaired) electrons. The maximum Gasteiger partial charge on any atom is 0.248 e. The number of nitrogens with zero attached hydrogens (tertiary/aromatic N) is 3. The van der Waals surface area contributed by atoms with Crippen LogP contribution < -0.4 is 5.32 Å². The fraction of sp³-hybridized carbons (Fsp3) is 0.105. The molecular formula is C19H18N4O2. The Morgan fingerprint density at radius 2 is 2.20 bits per heavy atom. The molecule has 1 aromatic carbocycles. The molecule has 126 valence electrons. The first kappa shape index (κ1) is 16.6. The highest BCUT2D eigenvalue weighted by molar-refractivity contribution is 6.02. The molecule has 0 saturated heterocycles. The summed E-state index contributed by atoms with van der Waals surface area (Å²) in [5, 5.41) is 16.1. The fourth-order valence-electron chi connectivity index (χ4n) is 2.46. The highest BCUT2D eigenvalue weighted by atomic mass is 16.3. The largest absolute Gasteiger partial charge is 0.392 e. The summed E-state index contributed by atoms with van der Waals surface area (Å²) < 4.78 is 1.73. The van der Waals surface area contributed by atoms with Crippen LogP contribution in [0.3, 0.4) is 0 Å². The minimum absolute atomic E-state index is 0.0658. The summed E-state index contributed by atoms with van der Waals surface area (Å²) >= 11 is 0. The predicted octanol–water partition coefficient (Wildman–Crippen LogP) is 2.63. The Morgan fingerprint density at radius 3 is 2.96 bits per heavy atom. The summed E-state index contributed by atoms with van der Waals surface area (Å²) in [6.45, 7) is -0.0658. The molecule has 0 fully saturated rings. The van der Waals surface area contributed by atoms with Crippen molar-refractivity contribution in [1.82, 2.24) is 14.8 Å². The van der Waals surface area contributed by atoms with Gasteiger partial charge < -0.3 is 10.4 Å². The zero-order valence-electron chi connectivity index (χ0n) is 13.8. The van der Waals surface area contributed by atoms with Crippen LogP contribution in [0.5, 0.6) is 0 Å². The van der Waals surface area contributed by atoms with Gasteiger partial charge in [-0.2, -0.15) is 5.10 Å². The third-order valence-corrected chi connectivity index (χ3v) is 3.66. The number of amides is 1. The zero-order valence-corrected chi connectivity index (χ0v) is 13.8. The third-order valence-electron chi connectivity index (χ3n) is 3.66.